The van der Waals surface area contributed by atoms with Gasteiger partial charge in [-0.25, -0.2) is 0 Å². The van der Waals surface area contributed by atoms with Gasteiger partial charge in [0.1, 0.15) is 19.3 Å². The Morgan fingerprint density at radius 2 is 1.10 bits per heavy atom. The highest BCUT2D eigenvalue weighted by Crippen LogP contribution is 2.15. The van der Waals surface area contributed by atoms with E-state index >= 15 is 0 Å². The number of esters is 2. The summed E-state index contributed by atoms with van der Waals surface area (Å²) in [5, 5.41) is 20.0. The zero-order valence-corrected chi connectivity index (χ0v) is 31.3. The molecule has 0 aliphatic heterocycles. The van der Waals surface area contributed by atoms with Crippen LogP contribution in [0.15, 0.2) is 48.6 Å². The van der Waals surface area contributed by atoms with Crippen LogP contribution in [0.2, 0.25) is 0 Å². The molecule has 0 saturated carbocycles. The van der Waals surface area contributed by atoms with Gasteiger partial charge < -0.3 is 19.7 Å². The first kappa shape index (κ1) is 45.8. The van der Waals surface area contributed by atoms with Crippen molar-refractivity contribution in [3.05, 3.63) is 48.6 Å². The topological polar surface area (TPSA) is 93.1 Å². The van der Waals surface area contributed by atoms with E-state index in [0.29, 0.717) is 19.3 Å². The molecule has 0 unspecified atom stereocenters. The summed E-state index contributed by atoms with van der Waals surface area (Å²) in [7, 11) is 0. The number of ether oxygens (including phenoxy) is 2. The Morgan fingerprint density at radius 1 is 0.583 bits per heavy atom. The van der Waals surface area contributed by atoms with Gasteiger partial charge in [-0.2, -0.15) is 0 Å². The Bertz CT molecular complexity index is 843. The van der Waals surface area contributed by atoms with E-state index in [-0.39, 0.29) is 31.6 Å². The Hall–Kier alpha value is -2.18. The molecule has 0 spiro atoms. The fourth-order valence-electron chi connectivity index (χ4n) is 5.28. The number of carbonyl (C=O) groups excluding carboxylic acids is 2. The molecule has 0 rings (SSSR count). The van der Waals surface area contributed by atoms with Gasteiger partial charge in [0.25, 0.3) is 0 Å². The molecule has 0 aromatic carbocycles. The SMILES string of the molecule is CCCCC/C=C\C=C/[C@@H](O)C/C=C\C/C=C/CCCC(=O)OC[C@@H](O)COC(=O)CCCCCCCCCCCCCCCC(C)C. The van der Waals surface area contributed by atoms with Crippen molar-refractivity contribution < 1.29 is 29.3 Å². The van der Waals surface area contributed by atoms with E-state index in [9.17, 15) is 19.8 Å². The van der Waals surface area contributed by atoms with Gasteiger partial charge in [0.05, 0.1) is 6.10 Å². The first-order chi connectivity index (χ1) is 23.3. The summed E-state index contributed by atoms with van der Waals surface area (Å²) in [4.78, 5) is 23.9. The number of allylic oxidation sites excluding steroid dienone is 6. The minimum absolute atomic E-state index is 0.149. The molecule has 0 saturated heterocycles. The van der Waals surface area contributed by atoms with E-state index in [1.165, 1.54) is 89.9 Å². The minimum Gasteiger partial charge on any atom is -0.463 e. The van der Waals surface area contributed by atoms with E-state index in [4.69, 9.17) is 9.47 Å². The van der Waals surface area contributed by atoms with Crippen molar-refractivity contribution in [2.75, 3.05) is 13.2 Å². The number of unbranched alkanes of at least 4 members (excludes halogenated alkanes) is 16. The summed E-state index contributed by atoms with van der Waals surface area (Å²) in [6, 6.07) is 0. The lowest BCUT2D eigenvalue weighted by molar-refractivity contribution is -0.152. The maximum Gasteiger partial charge on any atom is 0.305 e. The highest BCUT2D eigenvalue weighted by Gasteiger charge is 2.12. The highest BCUT2D eigenvalue weighted by atomic mass is 16.6. The molecule has 2 atom stereocenters. The molecule has 278 valence electrons. The first-order valence-electron chi connectivity index (χ1n) is 19.7. The summed E-state index contributed by atoms with van der Waals surface area (Å²) >= 11 is 0. The molecule has 6 heteroatoms. The Balaban J connectivity index is 3.59. The predicted octanol–water partition coefficient (Wildman–Crippen LogP) is 11.1. The largest absolute Gasteiger partial charge is 0.463 e. The second-order valence-electron chi connectivity index (χ2n) is 13.7. The maximum atomic E-state index is 12.0. The molecule has 0 amide bonds. The van der Waals surface area contributed by atoms with Crippen molar-refractivity contribution in [3.63, 3.8) is 0 Å². The van der Waals surface area contributed by atoms with Crippen molar-refractivity contribution in [1.29, 1.82) is 0 Å². The summed E-state index contributed by atoms with van der Waals surface area (Å²) in [6.07, 6.45) is 40.5. The van der Waals surface area contributed by atoms with Gasteiger partial charge >= 0.3 is 11.9 Å². The minimum atomic E-state index is -1.00. The fourth-order valence-corrected chi connectivity index (χ4v) is 5.28. The number of hydrogen-bond acceptors (Lipinski definition) is 6. The molecule has 0 aromatic rings. The van der Waals surface area contributed by atoms with Gasteiger partial charge in [0, 0.05) is 12.8 Å². The highest BCUT2D eigenvalue weighted by molar-refractivity contribution is 5.69. The number of aliphatic hydroxyl groups is 2. The number of rotatable bonds is 34. The fraction of sp³-hybridized carbons (Fsp3) is 0.762. The van der Waals surface area contributed by atoms with Crippen LogP contribution < -0.4 is 0 Å². The summed E-state index contributed by atoms with van der Waals surface area (Å²) in [6.45, 7) is 6.49. The van der Waals surface area contributed by atoms with Crippen molar-refractivity contribution >= 4 is 11.9 Å². The van der Waals surface area contributed by atoms with Gasteiger partial charge in [-0.15, -0.1) is 0 Å². The molecule has 0 radical (unpaired) electrons. The zero-order valence-electron chi connectivity index (χ0n) is 31.3. The standard InChI is InChI=1S/C42H74O6/c1-4-5-6-7-16-22-27-32-39(43)33-28-23-18-15-20-25-30-35-42(46)48-37-40(44)36-47-41(45)34-29-24-19-14-12-10-8-9-11-13-17-21-26-31-38(2)3/h15-16,20,22-23,27-28,32,38-40,43-44H,4-14,17-19,21,24-26,29-31,33-37H2,1-3H3/b20-15+,22-16-,28-23-,32-27-/t39-,40+/m1/s1. The average Bonchev–Trinajstić information content (AvgIpc) is 3.06. The monoisotopic (exact) mass is 675 g/mol. The molecule has 0 bridgehead atoms. The molecular weight excluding hydrogens is 600 g/mol. The van der Waals surface area contributed by atoms with Crippen LogP contribution >= 0.6 is 0 Å². The molecule has 0 heterocycles. The number of hydrogen-bond donors (Lipinski definition) is 2. The van der Waals surface area contributed by atoms with Crippen LogP contribution in [0.25, 0.3) is 0 Å². The number of aliphatic hydroxyl groups excluding tert-OH is 2. The Labute approximate surface area is 295 Å². The lowest BCUT2D eigenvalue weighted by Gasteiger charge is -2.12. The average molecular weight is 675 g/mol. The smallest absolute Gasteiger partial charge is 0.305 e. The quantitative estimate of drug-likeness (QED) is 0.0305. The maximum absolute atomic E-state index is 12.0. The van der Waals surface area contributed by atoms with Crippen LogP contribution in [0.4, 0.5) is 0 Å². The second kappa shape index (κ2) is 36.1. The third kappa shape index (κ3) is 36.7. The van der Waals surface area contributed by atoms with Crippen LogP contribution in [-0.2, 0) is 19.1 Å². The molecule has 48 heavy (non-hydrogen) atoms. The van der Waals surface area contributed by atoms with Crippen LogP contribution in [0.3, 0.4) is 0 Å². The van der Waals surface area contributed by atoms with E-state index in [1.54, 1.807) is 0 Å². The third-order valence-electron chi connectivity index (χ3n) is 8.33. The van der Waals surface area contributed by atoms with Crippen molar-refractivity contribution in [3.8, 4) is 0 Å². The van der Waals surface area contributed by atoms with Gasteiger partial charge in [0.2, 0.25) is 0 Å². The molecule has 0 aromatic heterocycles. The van der Waals surface area contributed by atoms with Crippen LogP contribution in [-0.4, -0.2) is 47.6 Å². The predicted molar refractivity (Wildman–Crippen MR) is 202 cm³/mol. The summed E-state index contributed by atoms with van der Waals surface area (Å²) in [5.74, 6) is 0.172. The molecule has 6 nitrogen and oxygen atoms in total. The van der Waals surface area contributed by atoms with E-state index in [1.807, 2.05) is 42.5 Å². The molecule has 0 fully saturated rings. The Kier molecular flexibility index (Phi) is 34.5. The van der Waals surface area contributed by atoms with Crippen LogP contribution in [0.1, 0.15) is 175 Å². The first-order valence-corrected chi connectivity index (χ1v) is 19.7. The van der Waals surface area contributed by atoms with Crippen molar-refractivity contribution in [1.82, 2.24) is 0 Å². The molecule has 2 N–H and O–H groups in total. The van der Waals surface area contributed by atoms with Crippen LogP contribution in [0, 0.1) is 5.92 Å². The summed E-state index contributed by atoms with van der Waals surface area (Å²) in [5.41, 5.74) is 0. The van der Waals surface area contributed by atoms with Crippen molar-refractivity contribution in [2.45, 2.75) is 187 Å². The lowest BCUT2D eigenvalue weighted by Crippen LogP contribution is -2.25. The van der Waals surface area contributed by atoms with E-state index in [2.05, 4.69) is 26.8 Å². The Morgan fingerprint density at radius 3 is 1.69 bits per heavy atom. The van der Waals surface area contributed by atoms with E-state index < -0.39 is 12.2 Å². The van der Waals surface area contributed by atoms with Crippen LogP contribution in [0.5, 0.6) is 0 Å². The van der Waals surface area contributed by atoms with Gasteiger partial charge in [-0.3, -0.25) is 9.59 Å². The normalized spacial score (nSPS) is 13.5. The molecule has 0 aliphatic rings. The van der Waals surface area contributed by atoms with Gasteiger partial charge in [-0.1, -0.05) is 166 Å². The molecule has 0 aliphatic carbocycles. The third-order valence-corrected chi connectivity index (χ3v) is 8.33. The van der Waals surface area contributed by atoms with Gasteiger partial charge in [-0.05, 0) is 50.9 Å². The summed E-state index contributed by atoms with van der Waals surface area (Å²) < 4.78 is 10.3. The molecular formula is C42H74O6. The number of carbonyl (C=O) groups is 2. The van der Waals surface area contributed by atoms with Crippen molar-refractivity contribution in [2.24, 2.45) is 5.92 Å². The lowest BCUT2D eigenvalue weighted by atomic mass is 10.0. The van der Waals surface area contributed by atoms with E-state index in [0.717, 1.165) is 44.4 Å². The van der Waals surface area contributed by atoms with Gasteiger partial charge in [0.15, 0.2) is 0 Å². The second-order valence-corrected chi connectivity index (χ2v) is 13.7. The zero-order chi connectivity index (χ0) is 35.3.